The standard InChI is InChI=1S/C31H27F6N7O4S/c1-18-14-19(27-38-17-43(41-27)20-5-8-22(9-6-20)48-31(35,36)37)4-10-23(18)39-28(46)40-29-44(26(45)16-49-29)24-15-21(42(2)3)7-11-25(24)47-13-12-30(32,33)34/h4-11,14-15,17H,12-13,16H2,1-3H3,(H,39,46)/b40-29-. The summed E-state index contributed by atoms with van der Waals surface area (Å²) < 4.78 is 86.4. The minimum atomic E-state index is -4.81. The molecule has 3 aromatic carbocycles. The lowest BCUT2D eigenvalue weighted by molar-refractivity contribution is -0.274. The van der Waals surface area contributed by atoms with Gasteiger partial charge in [-0.05, 0) is 73.2 Å². The fraction of sp³-hybridized carbons (Fsp3) is 0.258. The van der Waals surface area contributed by atoms with Gasteiger partial charge in [-0.25, -0.2) is 14.5 Å². The third kappa shape index (κ3) is 9.01. The molecule has 0 unspecified atom stereocenters. The van der Waals surface area contributed by atoms with Gasteiger partial charge in [0.15, 0.2) is 11.0 Å². The molecule has 1 N–H and O–H groups in total. The van der Waals surface area contributed by atoms with Gasteiger partial charge in [-0.3, -0.25) is 9.69 Å². The Morgan fingerprint density at radius 2 is 1.78 bits per heavy atom. The SMILES string of the molecule is Cc1cc(-c2ncn(-c3ccc(OC(F)(F)F)cc3)n2)ccc1NC(=O)/N=C1\SCC(=O)N1c1cc(N(C)C)ccc1OCCC(F)(F)F. The molecule has 11 nitrogen and oxygen atoms in total. The van der Waals surface area contributed by atoms with Crippen molar-refractivity contribution in [2.75, 3.05) is 41.6 Å². The van der Waals surface area contributed by atoms with Crippen LogP contribution in [0.3, 0.4) is 0 Å². The van der Waals surface area contributed by atoms with Crippen molar-refractivity contribution in [1.29, 1.82) is 0 Å². The first-order valence-corrected chi connectivity index (χ1v) is 15.3. The Balaban J connectivity index is 1.31. The second kappa shape index (κ2) is 14.1. The number of aryl methyl sites for hydroxylation is 1. The molecule has 1 fully saturated rings. The quantitative estimate of drug-likeness (QED) is 0.182. The summed E-state index contributed by atoms with van der Waals surface area (Å²) in [7, 11) is 3.50. The molecule has 1 aliphatic heterocycles. The van der Waals surface area contributed by atoms with Crippen LogP contribution in [0.15, 0.2) is 72.0 Å². The van der Waals surface area contributed by atoms with Crippen molar-refractivity contribution in [3.05, 3.63) is 72.6 Å². The van der Waals surface area contributed by atoms with Gasteiger partial charge in [-0.15, -0.1) is 18.3 Å². The zero-order chi connectivity index (χ0) is 35.5. The Bertz CT molecular complexity index is 1880. The number of urea groups is 1. The van der Waals surface area contributed by atoms with Crippen LogP contribution >= 0.6 is 11.8 Å². The van der Waals surface area contributed by atoms with Crippen molar-refractivity contribution in [3.63, 3.8) is 0 Å². The van der Waals surface area contributed by atoms with E-state index in [9.17, 15) is 35.9 Å². The molecule has 4 aromatic rings. The van der Waals surface area contributed by atoms with Crippen molar-refractivity contribution in [2.24, 2.45) is 4.99 Å². The highest BCUT2D eigenvalue weighted by Crippen LogP contribution is 2.38. The average molecular weight is 708 g/mol. The molecular formula is C31H27F6N7O4S. The molecule has 0 atom stereocenters. The summed E-state index contributed by atoms with van der Waals surface area (Å²) in [5.41, 5.74) is 2.81. The van der Waals surface area contributed by atoms with Gasteiger partial charge in [0.2, 0.25) is 5.91 Å². The molecule has 0 radical (unpaired) electrons. The van der Waals surface area contributed by atoms with Crippen LogP contribution in [0.1, 0.15) is 12.0 Å². The number of carbonyl (C=O) groups excluding carboxylic acids is 2. The number of thioether (sulfide) groups is 1. The van der Waals surface area contributed by atoms with Crippen molar-refractivity contribution in [3.8, 4) is 28.6 Å². The molecule has 0 saturated carbocycles. The van der Waals surface area contributed by atoms with Crippen LogP contribution in [-0.4, -0.2) is 70.9 Å². The Kier molecular flexibility index (Phi) is 10.1. The van der Waals surface area contributed by atoms with E-state index in [1.807, 2.05) is 0 Å². The highest BCUT2D eigenvalue weighted by Gasteiger charge is 2.34. The number of nitrogens with one attached hydrogen (secondary N) is 1. The van der Waals surface area contributed by atoms with Crippen LogP contribution in [0, 0.1) is 6.92 Å². The summed E-state index contributed by atoms with van der Waals surface area (Å²) in [4.78, 5) is 37.2. The number of rotatable bonds is 9. The number of benzene rings is 3. The second-order valence-corrected chi connectivity index (χ2v) is 11.6. The predicted molar refractivity (Wildman–Crippen MR) is 172 cm³/mol. The number of aliphatic imine (C=N–C) groups is 1. The van der Waals surface area contributed by atoms with Crippen LogP contribution in [0.5, 0.6) is 11.5 Å². The molecule has 258 valence electrons. The summed E-state index contributed by atoms with van der Waals surface area (Å²) in [5.74, 6) is -0.543. The highest BCUT2D eigenvalue weighted by molar-refractivity contribution is 8.15. The van der Waals surface area contributed by atoms with Crippen molar-refractivity contribution in [1.82, 2.24) is 14.8 Å². The number of amides is 3. The van der Waals surface area contributed by atoms with E-state index in [0.717, 1.165) is 28.8 Å². The van der Waals surface area contributed by atoms with Crippen molar-refractivity contribution in [2.45, 2.75) is 25.9 Å². The zero-order valence-corrected chi connectivity index (χ0v) is 26.8. The van der Waals surface area contributed by atoms with Crippen LogP contribution in [0.2, 0.25) is 0 Å². The molecule has 0 bridgehead atoms. The second-order valence-electron chi connectivity index (χ2n) is 10.7. The van der Waals surface area contributed by atoms with E-state index in [0.29, 0.717) is 34.0 Å². The topological polar surface area (TPSA) is 114 Å². The molecule has 1 aliphatic rings. The van der Waals surface area contributed by atoms with E-state index in [1.54, 1.807) is 56.3 Å². The largest absolute Gasteiger partial charge is 0.573 e. The van der Waals surface area contributed by atoms with Gasteiger partial charge >= 0.3 is 18.6 Å². The van der Waals surface area contributed by atoms with Crippen molar-refractivity contribution >= 4 is 45.9 Å². The molecular weight excluding hydrogens is 680 g/mol. The Morgan fingerprint density at radius 1 is 1.04 bits per heavy atom. The fourth-order valence-electron chi connectivity index (χ4n) is 4.53. The molecule has 3 amide bonds. The summed E-state index contributed by atoms with van der Waals surface area (Å²) in [5, 5.41) is 7.06. The number of halogens is 6. The molecule has 5 rings (SSSR count). The number of ether oxygens (including phenoxy) is 2. The Labute approximate surface area is 279 Å². The fourth-order valence-corrected chi connectivity index (χ4v) is 5.39. The van der Waals surface area contributed by atoms with Crippen molar-refractivity contribution < 1.29 is 45.4 Å². The van der Waals surface area contributed by atoms with E-state index in [1.165, 1.54) is 29.2 Å². The lowest BCUT2D eigenvalue weighted by Gasteiger charge is -2.23. The molecule has 2 heterocycles. The minimum Gasteiger partial charge on any atom is -0.491 e. The highest BCUT2D eigenvalue weighted by atomic mass is 32.2. The summed E-state index contributed by atoms with van der Waals surface area (Å²) >= 11 is 0.991. The number of anilines is 3. The van der Waals surface area contributed by atoms with E-state index in [4.69, 9.17) is 4.74 Å². The predicted octanol–water partition coefficient (Wildman–Crippen LogP) is 7.21. The number of carbonyl (C=O) groups is 2. The van der Waals surface area contributed by atoms with E-state index < -0.39 is 37.5 Å². The number of hydrogen-bond donors (Lipinski definition) is 1. The molecule has 18 heteroatoms. The number of alkyl halides is 6. The Hall–Kier alpha value is -5.26. The zero-order valence-electron chi connectivity index (χ0n) is 26.0. The minimum absolute atomic E-state index is 0.0149. The van der Waals surface area contributed by atoms with Gasteiger partial charge in [0.25, 0.3) is 0 Å². The molecule has 1 aromatic heterocycles. The van der Waals surface area contributed by atoms with Gasteiger partial charge < -0.3 is 19.7 Å². The summed E-state index contributed by atoms with van der Waals surface area (Å²) in [6.45, 7) is 1.05. The van der Waals surface area contributed by atoms with E-state index >= 15 is 0 Å². The van der Waals surface area contributed by atoms with Gasteiger partial charge in [-0.2, -0.15) is 18.2 Å². The third-order valence-electron chi connectivity index (χ3n) is 6.86. The molecule has 49 heavy (non-hydrogen) atoms. The monoisotopic (exact) mass is 707 g/mol. The third-order valence-corrected chi connectivity index (χ3v) is 7.78. The maximum absolute atomic E-state index is 13.0. The number of amidine groups is 1. The van der Waals surface area contributed by atoms with Crippen LogP contribution in [-0.2, 0) is 4.79 Å². The number of nitrogens with zero attached hydrogens (tertiary/aromatic N) is 6. The molecule has 1 saturated heterocycles. The van der Waals surface area contributed by atoms with Crippen LogP contribution in [0.4, 0.5) is 48.2 Å². The number of hydrogen-bond acceptors (Lipinski definition) is 8. The first-order chi connectivity index (χ1) is 23.1. The lowest BCUT2D eigenvalue weighted by atomic mass is 10.1. The van der Waals surface area contributed by atoms with Gasteiger partial charge in [-0.1, -0.05) is 11.8 Å². The Morgan fingerprint density at radius 3 is 2.43 bits per heavy atom. The molecule has 0 spiro atoms. The first kappa shape index (κ1) is 35.1. The smallest absolute Gasteiger partial charge is 0.491 e. The molecule has 0 aliphatic carbocycles. The van der Waals surface area contributed by atoms with Crippen LogP contribution in [0.25, 0.3) is 17.1 Å². The van der Waals surface area contributed by atoms with E-state index in [2.05, 4.69) is 25.1 Å². The van der Waals surface area contributed by atoms with Crippen LogP contribution < -0.4 is 24.6 Å². The van der Waals surface area contributed by atoms with E-state index in [-0.39, 0.29) is 28.1 Å². The normalized spacial score (nSPS) is 14.3. The maximum atomic E-state index is 13.0. The summed E-state index contributed by atoms with van der Waals surface area (Å²) in [6, 6.07) is 13.9. The van der Waals surface area contributed by atoms with Gasteiger partial charge in [0.05, 0.1) is 30.2 Å². The summed E-state index contributed by atoms with van der Waals surface area (Å²) in [6.07, 6.45) is -9.04. The van der Waals surface area contributed by atoms with Gasteiger partial charge in [0, 0.05) is 31.0 Å². The maximum Gasteiger partial charge on any atom is 0.573 e. The van der Waals surface area contributed by atoms with Gasteiger partial charge in [0.1, 0.15) is 17.8 Å². The average Bonchev–Trinajstić information content (AvgIpc) is 3.64. The lowest BCUT2D eigenvalue weighted by Crippen LogP contribution is -2.31. The number of aromatic nitrogens is 3. The first-order valence-electron chi connectivity index (χ1n) is 14.3.